The van der Waals surface area contributed by atoms with E-state index in [0.29, 0.717) is 6.54 Å². The van der Waals surface area contributed by atoms with E-state index in [1.807, 2.05) is 13.8 Å². The van der Waals surface area contributed by atoms with Gasteiger partial charge in [-0.3, -0.25) is 4.79 Å². The Morgan fingerprint density at radius 2 is 2.00 bits per heavy atom. The quantitative estimate of drug-likeness (QED) is 0.760. The lowest BCUT2D eigenvalue weighted by atomic mass is 9.64. The van der Waals surface area contributed by atoms with Crippen molar-refractivity contribution in [2.75, 3.05) is 13.7 Å². The van der Waals surface area contributed by atoms with Crippen LogP contribution in [0.1, 0.15) is 47.0 Å². The molecule has 1 saturated carbocycles. The molecule has 1 fully saturated rings. The highest BCUT2D eigenvalue weighted by Crippen LogP contribution is 2.43. The van der Waals surface area contributed by atoms with Crippen molar-refractivity contribution in [2.45, 2.75) is 59.1 Å². The van der Waals surface area contributed by atoms with Crippen LogP contribution in [0.2, 0.25) is 0 Å². The van der Waals surface area contributed by atoms with E-state index in [1.165, 1.54) is 0 Å². The summed E-state index contributed by atoms with van der Waals surface area (Å²) in [4.78, 5) is 12.4. The molecule has 0 aromatic carbocycles. The Morgan fingerprint density at radius 3 is 2.33 bits per heavy atom. The monoisotopic (exact) mass is 256 g/mol. The van der Waals surface area contributed by atoms with Crippen molar-refractivity contribution in [3.05, 3.63) is 0 Å². The van der Waals surface area contributed by atoms with Crippen LogP contribution in [0, 0.1) is 10.8 Å². The zero-order valence-electron chi connectivity index (χ0n) is 12.4. The number of carbonyl (C=O) groups excluding carboxylic acids is 1. The molecule has 106 valence electrons. The zero-order valence-corrected chi connectivity index (χ0v) is 12.4. The highest BCUT2D eigenvalue weighted by atomic mass is 16.5. The van der Waals surface area contributed by atoms with E-state index in [0.717, 1.165) is 19.3 Å². The molecule has 0 saturated heterocycles. The molecule has 2 unspecified atom stereocenters. The maximum Gasteiger partial charge on any atom is 0.227 e. The Kier molecular flexibility index (Phi) is 4.78. The molecule has 0 spiro atoms. The summed E-state index contributed by atoms with van der Waals surface area (Å²) in [6.07, 6.45) is 2.70. The van der Waals surface area contributed by atoms with Crippen LogP contribution in [-0.4, -0.2) is 31.7 Å². The lowest BCUT2D eigenvalue weighted by molar-refractivity contribution is -0.141. The second-order valence-corrected chi connectivity index (χ2v) is 6.00. The van der Waals surface area contributed by atoms with E-state index in [1.54, 1.807) is 7.11 Å². The first-order valence-electron chi connectivity index (χ1n) is 6.91. The van der Waals surface area contributed by atoms with Crippen LogP contribution in [0.15, 0.2) is 0 Å². The van der Waals surface area contributed by atoms with E-state index in [-0.39, 0.29) is 23.5 Å². The first-order valence-corrected chi connectivity index (χ1v) is 6.91. The molecular formula is C14H28N2O2. The molecular weight excluding hydrogens is 228 g/mol. The average molecular weight is 256 g/mol. The lowest BCUT2D eigenvalue weighted by Gasteiger charge is -2.52. The number of rotatable bonds is 6. The van der Waals surface area contributed by atoms with Gasteiger partial charge in [0, 0.05) is 25.1 Å². The van der Waals surface area contributed by atoms with Gasteiger partial charge in [0.15, 0.2) is 0 Å². The maximum atomic E-state index is 12.4. The van der Waals surface area contributed by atoms with Crippen LogP contribution < -0.4 is 11.1 Å². The Morgan fingerprint density at radius 1 is 1.44 bits per heavy atom. The molecule has 1 aliphatic carbocycles. The van der Waals surface area contributed by atoms with Crippen LogP contribution in [0.5, 0.6) is 0 Å². The molecule has 4 heteroatoms. The summed E-state index contributed by atoms with van der Waals surface area (Å²) in [5.41, 5.74) is 5.40. The molecule has 0 aromatic rings. The number of nitrogens with two attached hydrogens (primary N) is 1. The molecule has 4 nitrogen and oxygen atoms in total. The van der Waals surface area contributed by atoms with E-state index >= 15 is 0 Å². The third kappa shape index (κ3) is 2.41. The van der Waals surface area contributed by atoms with Gasteiger partial charge in [0.25, 0.3) is 0 Å². The summed E-state index contributed by atoms with van der Waals surface area (Å²) in [5, 5.41) is 3.17. The predicted molar refractivity (Wildman–Crippen MR) is 73.2 cm³/mol. The minimum Gasteiger partial charge on any atom is -0.381 e. The van der Waals surface area contributed by atoms with Crippen molar-refractivity contribution in [3.63, 3.8) is 0 Å². The van der Waals surface area contributed by atoms with Gasteiger partial charge in [0.1, 0.15) is 0 Å². The zero-order chi connectivity index (χ0) is 14.0. The second kappa shape index (κ2) is 5.57. The summed E-state index contributed by atoms with van der Waals surface area (Å²) in [6.45, 7) is 8.74. The Balaban J connectivity index is 2.67. The van der Waals surface area contributed by atoms with Gasteiger partial charge in [0.05, 0.1) is 11.5 Å². The molecule has 1 aliphatic rings. The fourth-order valence-electron chi connectivity index (χ4n) is 2.79. The summed E-state index contributed by atoms with van der Waals surface area (Å²) in [7, 11) is 1.73. The minimum atomic E-state index is -0.408. The third-order valence-corrected chi connectivity index (χ3v) is 4.99. The topological polar surface area (TPSA) is 64.4 Å². The minimum absolute atomic E-state index is 0.00618. The largest absolute Gasteiger partial charge is 0.381 e. The van der Waals surface area contributed by atoms with Crippen LogP contribution in [-0.2, 0) is 9.53 Å². The second-order valence-electron chi connectivity index (χ2n) is 6.00. The summed E-state index contributed by atoms with van der Waals surface area (Å²) in [6, 6.07) is 0.193. The van der Waals surface area contributed by atoms with Gasteiger partial charge in [-0.1, -0.05) is 27.7 Å². The maximum absolute atomic E-state index is 12.4. The molecule has 0 aliphatic heterocycles. The molecule has 3 N–H and O–H groups in total. The van der Waals surface area contributed by atoms with Crippen molar-refractivity contribution in [1.29, 1.82) is 0 Å². The first-order chi connectivity index (χ1) is 8.37. The van der Waals surface area contributed by atoms with Gasteiger partial charge in [-0.05, 0) is 19.3 Å². The highest BCUT2D eigenvalue weighted by molar-refractivity contribution is 5.83. The molecule has 0 radical (unpaired) electrons. The molecule has 1 amide bonds. The summed E-state index contributed by atoms with van der Waals surface area (Å²) in [5.74, 6) is 0.0997. The Bertz CT molecular complexity index is 290. The van der Waals surface area contributed by atoms with Crippen molar-refractivity contribution in [2.24, 2.45) is 16.6 Å². The number of nitrogens with one attached hydrogen (secondary N) is 1. The van der Waals surface area contributed by atoms with Crippen molar-refractivity contribution >= 4 is 5.91 Å². The van der Waals surface area contributed by atoms with Crippen LogP contribution in [0.25, 0.3) is 0 Å². The Hall–Kier alpha value is -0.610. The number of amides is 1. The van der Waals surface area contributed by atoms with E-state index in [4.69, 9.17) is 10.5 Å². The molecule has 18 heavy (non-hydrogen) atoms. The van der Waals surface area contributed by atoms with E-state index in [9.17, 15) is 4.79 Å². The third-order valence-electron chi connectivity index (χ3n) is 4.99. The number of methoxy groups -OCH3 is 1. The van der Waals surface area contributed by atoms with E-state index < -0.39 is 5.41 Å². The SMILES string of the molecule is CCC(CC)(CN)C(=O)NC1CC(OC)C1(C)C. The standard InChI is InChI=1S/C14H28N2O2/c1-6-14(7-2,9-15)12(17)16-10-8-11(18-5)13(10,3)4/h10-11H,6-9,15H2,1-5H3,(H,16,17). The number of hydrogen-bond acceptors (Lipinski definition) is 3. The molecule has 0 heterocycles. The molecule has 1 rings (SSSR count). The van der Waals surface area contributed by atoms with Crippen LogP contribution in [0.3, 0.4) is 0 Å². The molecule has 2 atom stereocenters. The molecule has 0 aromatic heterocycles. The van der Waals surface area contributed by atoms with Gasteiger partial charge in [-0.2, -0.15) is 0 Å². The predicted octanol–water partition coefficient (Wildman–Crippen LogP) is 1.68. The number of carbonyl (C=O) groups is 1. The Labute approximate surface area is 111 Å². The van der Waals surface area contributed by atoms with Gasteiger partial charge in [-0.15, -0.1) is 0 Å². The smallest absolute Gasteiger partial charge is 0.227 e. The number of hydrogen-bond donors (Lipinski definition) is 2. The van der Waals surface area contributed by atoms with E-state index in [2.05, 4.69) is 19.2 Å². The fourth-order valence-corrected chi connectivity index (χ4v) is 2.79. The van der Waals surface area contributed by atoms with Gasteiger partial charge in [0.2, 0.25) is 5.91 Å². The van der Waals surface area contributed by atoms with Crippen molar-refractivity contribution in [1.82, 2.24) is 5.32 Å². The highest BCUT2D eigenvalue weighted by Gasteiger charge is 2.50. The summed E-state index contributed by atoms with van der Waals surface area (Å²) < 4.78 is 5.40. The fraction of sp³-hybridized carbons (Fsp3) is 0.929. The van der Waals surface area contributed by atoms with Gasteiger partial charge < -0.3 is 15.8 Å². The lowest BCUT2D eigenvalue weighted by Crippen LogP contribution is -2.64. The first kappa shape index (κ1) is 15.4. The van der Waals surface area contributed by atoms with Crippen molar-refractivity contribution in [3.8, 4) is 0 Å². The van der Waals surface area contributed by atoms with Crippen LogP contribution >= 0.6 is 0 Å². The van der Waals surface area contributed by atoms with Crippen molar-refractivity contribution < 1.29 is 9.53 Å². The number of ether oxygens (including phenoxy) is 1. The average Bonchev–Trinajstić information content (AvgIpc) is 2.36. The van der Waals surface area contributed by atoms with Gasteiger partial charge in [-0.25, -0.2) is 0 Å². The van der Waals surface area contributed by atoms with Gasteiger partial charge >= 0.3 is 0 Å². The molecule has 0 bridgehead atoms. The summed E-state index contributed by atoms with van der Waals surface area (Å²) >= 11 is 0. The normalized spacial score (nSPS) is 26.6. The van der Waals surface area contributed by atoms with Crippen LogP contribution in [0.4, 0.5) is 0 Å².